The number of aliphatic hydroxyl groups excluding tert-OH is 2. The molecule has 8 nitrogen and oxygen atoms in total. The van der Waals surface area contributed by atoms with E-state index in [0.29, 0.717) is 5.69 Å². The molecule has 1 aromatic rings. The van der Waals surface area contributed by atoms with Gasteiger partial charge in [-0.05, 0) is 6.92 Å². The number of aromatic nitrogens is 3. The molecule has 0 bridgehead atoms. The highest BCUT2D eigenvalue weighted by Crippen LogP contribution is 2.29. The average molecular weight is 242 g/mol. The van der Waals surface area contributed by atoms with Crippen LogP contribution >= 0.6 is 0 Å². The van der Waals surface area contributed by atoms with Gasteiger partial charge in [0.05, 0.1) is 18.4 Å². The molecule has 4 N–H and O–H groups in total. The molecule has 0 aromatic carbocycles. The summed E-state index contributed by atoms with van der Waals surface area (Å²) in [5.41, 5.74) is 5.68. The number of rotatable bonds is 3. The molecule has 1 saturated heterocycles. The zero-order valence-corrected chi connectivity index (χ0v) is 9.28. The number of amides is 1. The van der Waals surface area contributed by atoms with E-state index in [9.17, 15) is 9.90 Å². The highest BCUT2D eigenvalue weighted by Gasteiger charge is 2.36. The number of nitrogens with zero attached hydrogens (tertiary/aromatic N) is 3. The van der Waals surface area contributed by atoms with E-state index in [4.69, 9.17) is 15.6 Å². The van der Waals surface area contributed by atoms with Gasteiger partial charge >= 0.3 is 0 Å². The van der Waals surface area contributed by atoms with Crippen LogP contribution in [0.15, 0.2) is 0 Å². The molecule has 1 fully saturated rings. The number of nitrogens with two attached hydrogens (primary N) is 1. The fraction of sp³-hybridized carbons (Fsp3) is 0.667. The van der Waals surface area contributed by atoms with Gasteiger partial charge in [-0.15, -0.1) is 5.10 Å². The largest absolute Gasteiger partial charge is 0.394 e. The van der Waals surface area contributed by atoms with Crippen molar-refractivity contribution in [3.63, 3.8) is 0 Å². The summed E-state index contributed by atoms with van der Waals surface area (Å²) < 4.78 is 6.78. The molecular weight excluding hydrogens is 228 g/mol. The van der Waals surface area contributed by atoms with Crippen LogP contribution in [0.2, 0.25) is 0 Å². The first-order valence-corrected chi connectivity index (χ1v) is 5.20. The van der Waals surface area contributed by atoms with E-state index >= 15 is 0 Å². The number of carbonyl (C=O) groups is 1. The third-order valence-electron chi connectivity index (χ3n) is 2.82. The van der Waals surface area contributed by atoms with E-state index in [1.807, 2.05) is 0 Å². The van der Waals surface area contributed by atoms with Crippen molar-refractivity contribution in [3.05, 3.63) is 11.4 Å². The van der Waals surface area contributed by atoms with Gasteiger partial charge in [0, 0.05) is 6.42 Å². The van der Waals surface area contributed by atoms with Crippen molar-refractivity contribution in [1.29, 1.82) is 0 Å². The van der Waals surface area contributed by atoms with Crippen molar-refractivity contribution in [3.8, 4) is 0 Å². The van der Waals surface area contributed by atoms with Crippen LogP contribution in [-0.2, 0) is 4.74 Å². The summed E-state index contributed by atoms with van der Waals surface area (Å²) in [6, 6.07) is 0. The normalized spacial score (nSPS) is 28.5. The fourth-order valence-electron chi connectivity index (χ4n) is 1.87. The van der Waals surface area contributed by atoms with Gasteiger partial charge in [0.1, 0.15) is 6.10 Å². The Labute approximate surface area is 97.0 Å². The summed E-state index contributed by atoms with van der Waals surface area (Å²) in [5, 5.41) is 26.0. The van der Waals surface area contributed by atoms with E-state index in [2.05, 4.69) is 10.3 Å². The van der Waals surface area contributed by atoms with Crippen LogP contribution in [0, 0.1) is 6.92 Å². The first-order chi connectivity index (χ1) is 8.04. The van der Waals surface area contributed by atoms with Gasteiger partial charge in [-0.2, -0.15) is 0 Å². The van der Waals surface area contributed by atoms with Crippen LogP contribution in [0.1, 0.15) is 28.8 Å². The molecule has 3 atom stereocenters. The van der Waals surface area contributed by atoms with Crippen molar-refractivity contribution in [1.82, 2.24) is 15.0 Å². The maximum absolute atomic E-state index is 11.0. The maximum atomic E-state index is 11.0. The van der Waals surface area contributed by atoms with Crippen LogP contribution in [0.3, 0.4) is 0 Å². The zero-order chi connectivity index (χ0) is 12.6. The van der Waals surface area contributed by atoms with E-state index in [1.54, 1.807) is 6.92 Å². The van der Waals surface area contributed by atoms with Crippen molar-refractivity contribution in [2.24, 2.45) is 5.73 Å². The molecule has 1 aliphatic rings. The topological polar surface area (TPSA) is 123 Å². The van der Waals surface area contributed by atoms with Crippen LogP contribution < -0.4 is 5.73 Å². The predicted molar refractivity (Wildman–Crippen MR) is 54.9 cm³/mol. The maximum Gasteiger partial charge on any atom is 0.271 e. The lowest BCUT2D eigenvalue weighted by Crippen LogP contribution is -2.24. The molecule has 17 heavy (non-hydrogen) atoms. The smallest absolute Gasteiger partial charge is 0.271 e. The third kappa shape index (κ3) is 2.02. The molecule has 1 aliphatic heterocycles. The van der Waals surface area contributed by atoms with Gasteiger partial charge in [-0.1, -0.05) is 5.21 Å². The third-order valence-corrected chi connectivity index (χ3v) is 2.82. The van der Waals surface area contributed by atoms with Crippen molar-refractivity contribution < 1.29 is 19.7 Å². The Balaban J connectivity index is 2.22. The molecule has 94 valence electrons. The van der Waals surface area contributed by atoms with Crippen LogP contribution in [0.25, 0.3) is 0 Å². The van der Waals surface area contributed by atoms with Gasteiger partial charge in [0.15, 0.2) is 11.9 Å². The summed E-state index contributed by atoms with van der Waals surface area (Å²) in [7, 11) is 0. The number of hydrogen-bond acceptors (Lipinski definition) is 6. The second-order valence-corrected chi connectivity index (χ2v) is 3.95. The van der Waals surface area contributed by atoms with Crippen molar-refractivity contribution in [2.45, 2.75) is 31.8 Å². The Hall–Kier alpha value is -1.51. The second-order valence-electron chi connectivity index (χ2n) is 3.95. The van der Waals surface area contributed by atoms with E-state index < -0.39 is 24.3 Å². The molecule has 0 spiro atoms. The lowest BCUT2D eigenvalue weighted by molar-refractivity contribution is -0.0496. The number of hydrogen-bond donors (Lipinski definition) is 3. The molecule has 0 saturated carbocycles. The highest BCUT2D eigenvalue weighted by atomic mass is 16.5. The zero-order valence-electron chi connectivity index (χ0n) is 9.28. The monoisotopic (exact) mass is 242 g/mol. The summed E-state index contributed by atoms with van der Waals surface area (Å²) in [5.74, 6) is -0.661. The van der Waals surface area contributed by atoms with Crippen molar-refractivity contribution in [2.75, 3.05) is 6.61 Å². The molecule has 0 radical (unpaired) electrons. The van der Waals surface area contributed by atoms with Gasteiger partial charge < -0.3 is 20.7 Å². The lowest BCUT2D eigenvalue weighted by Gasteiger charge is -2.12. The Kier molecular flexibility index (Phi) is 3.09. The summed E-state index contributed by atoms with van der Waals surface area (Å²) in [4.78, 5) is 11.0. The summed E-state index contributed by atoms with van der Waals surface area (Å²) >= 11 is 0. The molecule has 1 aromatic heterocycles. The summed E-state index contributed by atoms with van der Waals surface area (Å²) in [6.45, 7) is 1.37. The molecule has 2 heterocycles. The predicted octanol–water partition coefficient (Wildman–Crippen LogP) is -1.67. The standard InChI is InChI=1S/C9H14N4O4/c1-4-8(9(10)16)11-12-13(4)7-2-5(15)6(3-14)17-7/h5-7,14-15H,2-3H2,1H3,(H2,10,16)/t5-,6?,7?/m0/s1. The highest BCUT2D eigenvalue weighted by molar-refractivity contribution is 5.91. The van der Waals surface area contributed by atoms with E-state index in [-0.39, 0.29) is 18.7 Å². The number of primary amides is 1. The average Bonchev–Trinajstić information content (AvgIpc) is 2.81. The van der Waals surface area contributed by atoms with E-state index in [1.165, 1.54) is 4.68 Å². The van der Waals surface area contributed by atoms with Crippen LogP contribution in [0.5, 0.6) is 0 Å². The number of aliphatic hydroxyl groups is 2. The minimum absolute atomic E-state index is 0.0792. The molecule has 0 aliphatic carbocycles. The van der Waals surface area contributed by atoms with Crippen molar-refractivity contribution >= 4 is 5.91 Å². The van der Waals surface area contributed by atoms with Gasteiger partial charge in [0.2, 0.25) is 0 Å². The Morgan fingerprint density at radius 3 is 2.88 bits per heavy atom. The van der Waals surface area contributed by atoms with E-state index in [0.717, 1.165) is 0 Å². The number of ether oxygens (including phenoxy) is 1. The molecule has 2 rings (SSSR count). The minimum Gasteiger partial charge on any atom is -0.394 e. The van der Waals surface area contributed by atoms with Crippen LogP contribution in [-0.4, -0.2) is 49.9 Å². The van der Waals surface area contributed by atoms with Crippen LogP contribution in [0.4, 0.5) is 0 Å². The van der Waals surface area contributed by atoms with Gasteiger partial charge in [0.25, 0.3) is 5.91 Å². The molecular formula is C9H14N4O4. The first kappa shape index (κ1) is 12.0. The minimum atomic E-state index is -0.759. The Morgan fingerprint density at radius 2 is 2.41 bits per heavy atom. The quantitative estimate of drug-likeness (QED) is 0.582. The summed E-state index contributed by atoms with van der Waals surface area (Å²) in [6.07, 6.45) is -1.65. The lowest BCUT2D eigenvalue weighted by atomic mass is 10.2. The Bertz CT molecular complexity index is 433. The first-order valence-electron chi connectivity index (χ1n) is 5.20. The second kappa shape index (κ2) is 4.40. The molecule has 2 unspecified atom stereocenters. The number of carbonyl (C=O) groups excluding carboxylic acids is 1. The van der Waals surface area contributed by atoms with Gasteiger partial charge in [-0.3, -0.25) is 4.79 Å². The Morgan fingerprint density at radius 1 is 1.71 bits per heavy atom. The SMILES string of the molecule is Cc1c(C(N)=O)nnn1C1C[C@H](O)C(CO)O1. The molecule has 1 amide bonds. The van der Waals surface area contributed by atoms with Gasteiger partial charge in [-0.25, -0.2) is 4.68 Å². The fourth-order valence-corrected chi connectivity index (χ4v) is 1.87. The molecule has 8 heteroatoms.